The smallest absolute Gasteiger partial charge is 0.266 e. The zero-order valence-corrected chi connectivity index (χ0v) is 26.8. The van der Waals surface area contributed by atoms with Crippen LogP contribution in [-0.2, 0) is 16.0 Å². The molecule has 2 heterocycles. The van der Waals surface area contributed by atoms with Crippen LogP contribution >= 0.6 is 15.9 Å². The second-order valence-electron chi connectivity index (χ2n) is 11.5. The summed E-state index contributed by atoms with van der Waals surface area (Å²) in [4.78, 5) is 19.8. The van der Waals surface area contributed by atoms with E-state index in [1.165, 1.54) is 0 Å². The Kier molecular flexibility index (Phi) is 9.94. The molecular weight excluding hydrogens is 630 g/mol. The molecule has 2 N–H and O–H groups in total. The number of aliphatic hydroxyl groups excluding tert-OH is 1. The number of halogens is 1. The summed E-state index contributed by atoms with van der Waals surface area (Å²) in [5.74, 6) is 0.923. The minimum Gasteiger partial charge on any atom is -0.494 e. The number of ether oxygens (including phenoxy) is 2. The van der Waals surface area contributed by atoms with Crippen LogP contribution in [-0.4, -0.2) is 53.8 Å². The zero-order valence-electron chi connectivity index (χ0n) is 25.2. The maximum absolute atomic E-state index is 14.6. The molecule has 6 rings (SSSR count). The van der Waals surface area contributed by atoms with E-state index in [0.29, 0.717) is 31.1 Å². The molecule has 4 aromatic carbocycles. The number of aliphatic hydroxyl groups is 1. The third-order valence-electron chi connectivity index (χ3n) is 8.38. The number of amides is 1. The first kappa shape index (κ1) is 31.0. The average Bonchev–Trinajstić information content (AvgIpc) is 3.48. The molecule has 0 radical (unpaired) electrons. The minimum absolute atomic E-state index is 0.0789. The molecule has 1 saturated heterocycles. The first-order chi connectivity index (χ1) is 22.1. The number of hydrogen-bond acceptors (Lipinski definition) is 6. The molecule has 0 bridgehead atoms. The number of carbonyl (C=O) groups is 1. The van der Waals surface area contributed by atoms with Crippen molar-refractivity contribution >= 4 is 27.7 Å². The van der Waals surface area contributed by atoms with Gasteiger partial charge in [0.25, 0.3) is 5.91 Å². The Morgan fingerprint density at radius 2 is 1.56 bits per heavy atom. The van der Waals surface area contributed by atoms with Crippen molar-refractivity contribution in [2.75, 3.05) is 26.3 Å². The van der Waals surface area contributed by atoms with E-state index >= 15 is 0 Å². The van der Waals surface area contributed by atoms with Gasteiger partial charge in [-0.15, -0.1) is 0 Å². The summed E-state index contributed by atoms with van der Waals surface area (Å²) >= 11 is 3.72. The predicted molar refractivity (Wildman–Crippen MR) is 180 cm³/mol. The van der Waals surface area contributed by atoms with Crippen molar-refractivity contribution in [3.05, 3.63) is 124 Å². The Morgan fingerprint density at radius 3 is 2.27 bits per heavy atom. The van der Waals surface area contributed by atoms with Crippen LogP contribution in [0.2, 0.25) is 0 Å². The molecule has 2 aliphatic heterocycles. The quantitative estimate of drug-likeness (QED) is 0.170. The summed E-state index contributed by atoms with van der Waals surface area (Å²) in [7, 11) is 0. The maximum Gasteiger partial charge on any atom is 0.266 e. The summed E-state index contributed by atoms with van der Waals surface area (Å²) in [5, 5.41) is 11.1. The number of piperidine rings is 1. The number of hydrazine groups is 1. The number of nitrogens with zero attached hydrogens (tertiary/aromatic N) is 2. The van der Waals surface area contributed by atoms with Crippen LogP contribution < -0.4 is 10.2 Å². The second-order valence-corrected chi connectivity index (χ2v) is 12.4. The SMILES string of the molecule is O=C(NN1CCCCC1)[C@@]1(Cc2ccccc2Br)N=C(c2ccc(OCCCO)cc2)O[C@H]1c1ccc(-c2ccccc2)cc1. The Morgan fingerprint density at radius 1 is 0.889 bits per heavy atom. The van der Waals surface area contributed by atoms with Gasteiger partial charge < -0.3 is 14.6 Å². The Labute approximate surface area is 273 Å². The molecule has 0 unspecified atom stereocenters. The molecular formula is C37H38BrN3O4. The summed E-state index contributed by atoms with van der Waals surface area (Å²) in [6.07, 6.45) is 3.47. The predicted octanol–water partition coefficient (Wildman–Crippen LogP) is 6.89. The number of hydrogen-bond donors (Lipinski definition) is 2. The van der Waals surface area contributed by atoms with Crippen LogP contribution in [0, 0.1) is 0 Å². The standard InChI is InChI=1S/C37H38BrN3O4/c38-33-13-6-5-12-31(33)26-37(36(43)40-41-22-7-2-8-23-41)34(29-16-14-28(15-17-29)27-10-3-1-4-11-27)45-35(39-37)30-18-20-32(21-19-30)44-25-9-24-42/h1,3-6,10-21,34,42H,2,7-9,22-26H2,(H,40,43)/t34-,37-/m0/s1. The molecule has 0 aliphatic carbocycles. The highest BCUT2D eigenvalue weighted by molar-refractivity contribution is 9.10. The van der Waals surface area contributed by atoms with Crippen molar-refractivity contribution in [2.45, 2.75) is 43.7 Å². The number of aliphatic imine (C=N–C) groups is 1. The number of benzene rings is 4. The third kappa shape index (κ3) is 7.14. The zero-order chi connectivity index (χ0) is 31.1. The van der Waals surface area contributed by atoms with E-state index < -0.39 is 11.6 Å². The maximum atomic E-state index is 14.6. The van der Waals surface area contributed by atoms with Gasteiger partial charge in [-0.2, -0.15) is 0 Å². The average molecular weight is 669 g/mol. The molecule has 232 valence electrons. The van der Waals surface area contributed by atoms with E-state index in [2.05, 4.69) is 45.6 Å². The lowest BCUT2D eigenvalue weighted by Crippen LogP contribution is -2.56. The first-order valence-corrected chi connectivity index (χ1v) is 16.4. The van der Waals surface area contributed by atoms with Crippen LogP contribution in [0.25, 0.3) is 11.1 Å². The van der Waals surface area contributed by atoms with Gasteiger partial charge in [0, 0.05) is 42.6 Å². The van der Waals surface area contributed by atoms with Gasteiger partial charge in [-0.25, -0.2) is 10.0 Å². The largest absolute Gasteiger partial charge is 0.494 e. The molecule has 0 aromatic heterocycles. The Bertz CT molecular complexity index is 1610. The van der Waals surface area contributed by atoms with E-state index in [1.54, 1.807) is 0 Å². The minimum atomic E-state index is -1.28. The third-order valence-corrected chi connectivity index (χ3v) is 9.16. The normalized spacial score (nSPS) is 19.9. The number of carbonyl (C=O) groups excluding carboxylic acids is 1. The molecule has 7 nitrogen and oxygen atoms in total. The topological polar surface area (TPSA) is 83.4 Å². The van der Waals surface area contributed by atoms with Crippen LogP contribution in [0.4, 0.5) is 0 Å². The highest BCUT2D eigenvalue weighted by Gasteiger charge is 2.54. The molecule has 1 amide bonds. The van der Waals surface area contributed by atoms with Crippen LogP contribution in [0.3, 0.4) is 0 Å². The fourth-order valence-corrected chi connectivity index (χ4v) is 6.37. The van der Waals surface area contributed by atoms with Gasteiger partial charge in [-0.05, 0) is 65.4 Å². The lowest BCUT2D eigenvalue weighted by molar-refractivity contribution is -0.134. The monoisotopic (exact) mass is 667 g/mol. The fourth-order valence-electron chi connectivity index (χ4n) is 5.94. The van der Waals surface area contributed by atoms with Crippen LogP contribution in [0.1, 0.15) is 48.5 Å². The van der Waals surface area contributed by atoms with E-state index in [-0.39, 0.29) is 12.5 Å². The Hall–Kier alpha value is -3.98. The van der Waals surface area contributed by atoms with Gasteiger partial charge in [0.2, 0.25) is 5.90 Å². The lowest BCUT2D eigenvalue weighted by Gasteiger charge is -2.35. The van der Waals surface area contributed by atoms with E-state index in [4.69, 9.17) is 19.6 Å². The molecule has 2 aliphatic rings. The van der Waals surface area contributed by atoms with Gasteiger partial charge in [0.15, 0.2) is 11.6 Å². The fraction of sp³-hybridized carbons (Fsp3) is 0.297. The van der Waals surface area contributed by atoms with Crippen LogP contribution in [0.5, 0.6) is 5.75 Å². The van der Waals surface area contributed by atoms with Crippen molar-refractivity contribution < 1.29 is 19.4 Å². The van der Waals surface area contributed by atoms with Gasteiger partial charge in [-0.1, -0.05) is 95.1 Å². The summed E-state index contributed by atoms with van der Waals surface area (Å²) in [6.45, 7) is 2.13. The first-order valence-electron chi connectivity index (χ1n) is 15.6. The molecule has 8 heteroatoms. The van der Waals surface area contributed by atoms with E-state index in [1.807, 2.05) is 83.9 Å². The molecule has 0 spiro atoms. The molecule has 45 heavy (non-hydrogen) atoms. The van der Waals surface area contributed by atoms with Gasteiger partial charge in [0.1, 0.15) is 5.75 Å². The lowest BCUT2D eigenvalue weighted by atomic mass is 9.81. The van der Waals surface area contributed by atoms with Gasteiger partial charge >= 0.3 is 0 Å². The highest BCUT2D eigenvalue weighted by Crippen LogP contribution is 2.44. The van der Waals surface area contributed by atoms with Crippen molar-refractivity contribution in [3.63, 3.8) is 0 Å². The van der Waals surface area contributed by atoms with Gasteiger partial charge in [-0.3, -0.25) is 10.2 Å². The highest BCUT2D eigenvalue weighted by atomic mass is 79.9. The second kappa shape index (κ2) is 14.4. The molecule has 1 fully saturated rings. The number of rotatable bonds is 11. The van der Waals surface area contributed by atoms with Crippen molar-refractivity contribution in [1.82, 2.24) is 10.4 Å². The Balaban J connectivity index is 1.41. The van der Waals surface area contributed by atoms with Crippen molar-refractivity contribution in [1.29, 1.82) is 0 Å². The summed E-state index contributed by atoms with van der Waals surface area (Å²) < 4.78 is 13.4. The van der Waals surface area contributed by atoms with Crippen molar-refractivity contribution in [2.24, 2.45) is 4.99 Å². The summed E-state index contributed by atoms with van der Waals surface area (Å²) in [5.41, 5.74) is 6.78. The van der Waals surface area contributed by atoms with Crippen molar-refractivity contribution in [3.8, 4) is 16.9 Å². The van der Waals surface area contributed by atoms with Crippen LogP contribution in [0.15, 0.2) is 113 Å². The molecule has 0 saturated carbocycles. The number of nitrogens with one attached hydrogen (secondary N) is 1. The molecule has 2 atom stereocenters. The van der Waals surface area contributed by atoms with Gasteiger partial charge in [0.05, 0.1) is 6.61 Å². The molecule has 4 aromatic rings. The summed E-state index contributed by atoms with van der Waals surface area (Å²) in [6, 6.07) is 34.0. The van der Waals surface area contributed by atoms with E-state index in [0.717, 1.165) is 64.6 Å². The van der Waals surface area contributed by atoms with E-state index in [9.17, 15) is 4.79 Å².